The van der Waals surface area contributed by atoms with Gasteiger partial charge in [0.05, 0.1) is 7.11 Å². The van der Waals surface area contributed by atoms with Gasteiger partial charge in [0.15, 0.2) is 10.8 Å². The van der Waals surface area contributed by atoms with Crippen LogP contribution in [0.2, 0.25) is 0 Å². The molecular weight excluding hydrogens is 248 g/mol. The zero-order valence-corrected chi connectivity index (χ0v) is 12.0. The number of hydrogen-bond donors (Lipinski definition) is 0. The number of rotatable bonds is 3. The summed E-state index contributed by atoms with van der Waals surface area (Å²) in [5.74, 6) is 0.425. The lowest BCUT2D eigenvalue weighted by Gasteiger charge is -2.33. The third-order valence-corrected chi connectivity index (χ3v) is 4.58. The molecule has 2 atom stereocenters. The van der Waals surface area contributed by atoms with Crippen LogP contribution in [0.5, 0.6) is 0 Å². The number of carbonyl (C=O) groups excluding carboxylic acids is 1. The molecule has 1 heterocycles. The summed E-state index contributed by atoms with van der Waals surface area (Å²) in [6.07, 6.45) is 5.04. The number of anilines is 1. The molecule has 0 aromatic carbocycles. The van der Waals surface area contributed by atoms with Crippen LogP contribution in [0.25, 0.3) is 0 Å². The molecule has 4 nitrogen and oxygen atoms in total. The Hall–Kier alpha value is -1.10. The molecule has 100 valence electrons. The maximum Gasteiger partial charge on any atom is 0.357 e. The minimum absolute atomic E-state index is 0.358. The normalized spacial score (nSPS) is 23.7. The number of carbonyl (C=O) groups is 1. The minimum Gasteiger partial charge on any atom is -0.464 e. The van der Waals surface area contributed by atoms with Crippen LogP contribution in [-0.4, -0.2) is 31.2 Å². The Morgan fingerprint density at radius 3 is 3.00 bits per heavy atom. The van der Waals surface area contributed by atoms with Crippen molar-refractivity contribution in [2.75, 3.05) is 19.1 Å². The first-order valence-corrected chi connectivity index (χ1v) is 7.26. The minimum atomic E-state index is -0.358. The van der Waals surface area contributed by atoms with E-state index in [1.165, 1.54) is 44.1 Å². The Balaban J connectivity index is 2.06. The predicted molar refractivity (Wildman–Crippen MR) is 73.3 cm³/mol. The van der Waals surface area contributed by atoms with E-state index in [0.29, 0.717) is 11.7 Å². The third-order valence-electron chi connectivity index (χ3n) is 3.64. The summed E-state index contributed by atoms with van der Waals surface area (Å²) in [6, 6.07) is 0.547. The van der Waals surface area contributed by atoms with Crippen molar-refractivity contribution in [1.29, 1.82) is 0 Å². The number of methoxy groups -OCH3 is 1. The summed E-state index contributed by atoms with van der Waals surface area (Å²) in [6.45, 7) is 2.31. The van der Waals surface area contributed by atoms with Gasteiger partial charge in [-0.05, 0) is 18.8 Å². The van der Waals surface area contributed by atoms with E-state index >= 15 is 0 Å². The topological polar surface area (TPSA) is 42.4 Å². The molecular formula is C13H20N2O2S. The average Bonchev–Trinajstić information content (AvgIpc) is 2.86. The Bertz CT molecular complexity index is 419. The van der Waals surface area contributed by atoms with Gasteiger partial charge < -0.3 is 9.64 Å². The summed E-state index contributed by atoms with van der Waals surface area (Å²) in [5, 5.41) is 2.68. The summed E-state index contributed by atoms with van der Waals surface area (Å²) in [5.41, 5.74) is 0.410. The number of thiazole rings is 1. The van der Waals surface area contributed by atoms with Crippen molar-refractivity contribution in [1.82, 2.24) is 4.98 Å². The highest BCUT2D eigenvalue weighted by Gasteiger charge is 2.24. The van der Waals surface area contributed by atoms with Crippen molar-refractivity contribution < 1.29 is 9.53 Å². The molecule has 0 N–H and O–H groups in total. The highest BCUT2D eigenvalue weighted by Crippen LogP contribution is 2.31. The lowest BCUT2D eigenvalue weighted by atomic mass is 9.86. The van der Waals surface area contributed by atoms with Crippen LogP contribution in [0.1, 0.15) is 43.1 Å². The number of aromatic nitrogens is 1. The van der Waals surface area contributed by atoms with E-state index in [0.717, 1.165) is 11.0 Å². The molecule has 1 fully saturated rings. The Morgan fingerprint density at radius 2 is 2.33 bits per heavy atom. The highest BCUT2D eigenvalue weighted by molar-refractivity contribution is 7.13. The number of esters is 1. The van der Waals surface area contributed by atoms with Crippen molar-refractivity contribution in [3.63, 3.8) is 0 Å². The molecule has 1 aliphatic carbocycles. The first kappa shape index (κ1) is 13.3. The van der Waals surface area contributed by atoms with Crippen LogP contribution >= 0.6 is 11.3 Å². The van der Waals surface area contributed by atoms with Gasteiger partial charge in [0.25, 0.3) is 0 Å². The number of hydrogen-bond acceptors (Lipinski definition) is 5. The maximum absolute atomic E-state index is 11.4. The molecule has 0 aliphatic heterocycles. The standard InChI is InChI=1S/C13H20N2O2S/c1-9-5-4-6-10(7-9)15(2)13-14-11(8-18-13)12(16)17-3/h8-10H,4-7H2,1-3H3. The Kier molecular flexibility index (Phi) is 4.22. The van der Waals surface area contributed by atoms with E-state index in [1.807, 2.05) is 0 Å². The van der Waals surface area contributed by atoms with Crippen LogP contribution in [0, 0.1) is 5.92 Å². The van der Waals surface area contributed by atoms with Crippen molar-refractivity contribution in [3.05, 3.63) is 11.1 Å². The Morgan fingerprint density at radius 1 is 1.56 bits per heavy atom. The van der Waals surface area contributed by atoms with Gasteiger partial charge in [-0.1, -0.05) is 19.8 Å². The molecule has 5 heteroatoms. The first-order valence-electron chi connectivity index (χ1n) is 6.38. The molecule has 0 radical (unpaired) electrons. The van der Waals surface area contributed by atoms with Gasteiger partial charge in [0, 0.05) is 18.5 Å². The second kappa shape index (κ2) is 5.69. The van der Waals surface area contributed by atoms with Crippen molar-refractivity contribution in [2.45, 2.75) is 38.6 Å². The summed E-state index contributed by atoms with van der Waals surface area (Å²) in [7, 11) is 3.45. The van der Waals surface area contributed by atoms with Gasteiger partial charge in [-0.3, -0.25) is 0 Å². The van der Waals surface area contributed by atoms with Gasteiger partial charge >= 0.3 is 5.97 Å². The van der Waals surface area contributed by atoms with Gasteiger partial charge in [-0.15, -0.1) is 11.3 Å². The zero-order valence-electron chi connectivity index (χ0n) is 11.2. The van der Waals surface area contributed by atoms with E-state index in [1.54, 1.807) is 5.38 Å². The van der Waals surface area contributed by atoms with Gasteiger partial charge in [0.1, 0.15) is 0 Å². The Labute approximate surface area is 112 Å². The molecule has 0 spiro atoms. The summed E-state index contributed by atoms with van der Waals surface area (Å²) >= 11 is 1.51. The van der Waals surface area contributed by atoms with E-state index in [4.69, 9.17) is 0 Å². The molecule has 0 saturated heterocycles. The first-order chi connectivity index (χ1) is 8.61. The molecule has 0 bridgehead atoms. The number of nitrogens with zero attached hydrogens (tertiary/aromatic N) is 2. The second-order valence-corrected chi connectivity index (χ2v) is 5.88. The molecule has 1 aromatic heterocycles. The largest absolute Gasteiger partial charge is 0.464 e. The van der Waals surface area contributed by atoms with Gasteiger partial charge in [0.2, 0.25) is 0 Å². The molecule has 1 aliphatic rings. The molecule has 2 rings (SSSR count). The van der Waals surface area contributed by atoms with E-state index in [2.05, 4.69) is 28.6 Å². The second-order valence-electron chi connectivity index (χ2n) is 5.04. The smallest absolute Gasteiger partial charge is 0.357 e. The molecule has 0 amide bonds. The van der Waals surface area contributed by atoms with E-state index in [-0.39, 0.29) is 5.97 Å². The fraction of sp³-hybridized carbons (Fsp3) is 0.692. The number of ether oxygens (including phenoxy) is 1. The molecule has 1 aromatic rings. The van der Waals surface area contributed by atoms with Crippen molar-refractivity contribution >= 4 is 22.4 Å². The maximum atomic E-state index is 11.4. The van der Waals surface area contributed by atoms with Crippen LogP contribution in [0.3, 0.4) is 0 Å². The monoisotopic (exact) mass is 268 g/mol. The van der Waals surface area contributed by atoms with Crippen LogP contribution in [-0.2, 0) is 4.74 Å². The predicted octanol–water partition coefficient (Wildman–Crippen LogP) is 2.94. The highest BCUT2D eigenvalue weighted by atomic mass is 32.1. The SMILES string of the molecule is COC(=O)c1csc(N(C)C2CCCC(C)C2)n1. The van der Waals surface area contributed by atoms with E-state index < -0.39 is 0 Å². The fourth-order valence-electron chi connectivity index (χ4n) is 2.53. The van der Waals surface area contributed by atoms with E-state index in [9.17, 15) is 4.79 Å². The average molecular weight is 268 g/mol. The quantitative estimate of drug-likeness (QED) is 0.790. The molecule has 18 heavy (non-hydrogen) atoms. The fourth-order valence-corrected chi connectivity index (χ4v) is 3.37. The zero-order chi connectivity index (χ0) is 13.1. The van der Waals surface area contributed by atoms with Crippen LogP contribution < -0.4 is 4.90 Å². The summed E-state index contributed by atoms with van der Waals surface area (Å²) < 4.78 is 4.68. The summed E-state index contributed by atoms with van der Waals surface area (Å²) in [4.78, 5) is 17.9. The van der Waals surface area contributed by atoms with Crippen LogP contribution in [0.15, 0.2) is 5.38 Å². The van der Waals surface area contributed by atoms with Crippen LogP contribution in [0.4, 0.5) is 5.13 Å². The van der Waals surface area contributed by atoms with Crippen molar-refractivity contribution in [3.8, 4) is 0 Å². The lowest BCUT2D eigenvalue weighted by Crippen LogP contribution is -2.35. The molecule has 1 saturated carbocycles. The van der Waals surface area contributed by atoms with Gasteiger partial charge in [-0.2, -0.15) is 0 Å². The molecule has 2 unspecified atom stereocenters. The third kappa shape index (κ3) is 2.83. The lowest BCUT2D eigenvalue weighted by molar-refractivity contribution is 0.0595. The van der Waals surface area contributed by atoms with Crippen molar-refractivity contribution in [2.24, 2.45) is 5.92 Å². The van der Waals surface area contributed by atoms with Gasteiger partial charge in [-0.25, -0.2) is 9.78 Å².